The molecule has 2 aliphatic rings. The fourth-order valence-corrected chi connectivity index (χ4v) is 5.55. The minimum absolute atomic E-state index is 0.0305. The summed E-state index contributed by atoms with van der Waals surface area (Å²) >= 11 is 6.23. The highest BCUT2D eigenvalue weighted by Gasteiger charge is 2.34. The van der Waals surface area contributed by atoms with Crippen LogP contribution in [-0.2, 0) is 26.0 Å². The van der Waals surface area contributed by atoms with Crippen LogP contribution in [0.3, 0.4) is 0 Å². The predicted molar refractivity (Wildman–Crippen MR) is 116 cm³/mol. The van der Waals surface area contributed by atoms with Gasteiger partial charge < -0.3 is 15.0 Å². The lowest BCUT2D eigenvalue weighted by atomic mass is 10.1. The van der Waals surface area contributed by atoms with Gasteiger partial charge in [0.1, 0.15) is 16.5 Å². The summed E-state index contributed by atoms with van der Waals surface area (Å²) in [5, 5.41) is 2.60. The van der Waals surface area contributed by atoms with Gasteiger partial charge in [-0.25, -0.2) is 12.8 Å². The van der Waals surface area contributed by atoms with E-state index in [1.165, 1.54) is 28.6 Å². The molecule has 2 amide bonds. The maximum atomic E-state index is 13.2. The normalized spacial score (nSPS) is 19.2. The summed E-state index contributed by atoms with van der Waals surface area (Å²) < 4.78 is 46.2. The topological polar surface area (TPSA) is 96.0 Å². The SMILES string of the molecule is CC1Oc2cc(S(=O)(=O)N3CCN(C(=O)Cc4ccc(F)cc4)CC3)c(Cl)cc2NC1=O. The summed E-state index contributed by atoms with van der Waals surface area (Å²) in [6.07, 6.45) is -0.639. The number of carbonyl (C=O) groups is 2. The number of halogens is 2. The zero-order valence-corrected chi connectivity index (χ0v) is 18.7. The van der Waals surface area contributed by atoms with Gasteiger partial charge in [0.15, 0.2) is 6.10 Å². The van der Waals surface area contributed by atoms with Crippen LogP contribution in [0.5, 0.6) is 5.75 Å². The summed E-state index contributed by atoms with van der Waals surface area (Å²) in [4.78, 5) is 25.8. The molecule has 1 atom stereocenters. The van der Waals surface area contributed by atoms with Gasteiger partial charge in [-0.05, 0) is 30.7 Å². The smallest absolute Gasteiger partial charge is 0.265 e. The minimum atomic E-state index is -3.94. The Bertz CT molecular complexity index is 1160. The van der Waals surface area contributed by atoms with Crippen LogP contribution < -0.4 is 10.1 Å². The van der Waals surface area contributed by atoms with Gasteiger partial charge in [0, 0.05) is 32.2 Å². The molecule has 1 saturated heterocycles. The lowest BCUT2D eigenvalue weighted by Gasteiger charge is -2.34. The van der Waals surface area contributed by atoms with Crippen molar-refractivity contribution in [3.8, 4) is 5.75 Å². The monoisotopic (exact) mass is 481 g/mol. The number of nitrogens with one attached hydrogen (secondary N) is 1. The van der Waals surface area contributed by atoms with E-state index in [2.05, 4.69) is 5.32 Å². The van der Waals surface area contributed by atoms with Crippen LogP contribution in [0.15, 0.2) is 41.3 Å². The van der Waals surface area contributed by atoms with Gasteiger partial charge in [0.2, 0.25) is 15.9 Å². The van der Waals surface area contributed by atoms with Crippen LogP contribution >= 0.6 is 11.6 Å². The Kier molecular flexibility index (Phi) is 6.11. The Labute approximate surface area is 189 Å². The van der Waals surface area contributed by atoms with Crippen molar-refractivity contribution in [3.05, 3.63) is 52.8 Å². The molecule has 0 saturated carbocycles. The number of hydrogen-bond acceptors (Lipinski definition) is 5. The molecule has 2 aliphatic heterocycles. The molecular formula is C21H21ClFN3O5S. The molecule has 170 valence electrons. The Morgan fingerprint density at radius 3 is 2.50 bits per heavy atom. The van der Waals surface area contributed by atoms with Gasteiger partial charge in [-0.3, -0.25) is 9.59 Å². The third-order valence-electron chi connectivity index (χ3n) is 5.44. The highest BCUT2D eigenvalue weighted by molar-refractivity contribution is 7.89. The summed E-state index contributed by atoms with van der Waals surface area (Å²) in [5.41, 5.74) is 1.00. The second kappa shape index (κ2) is 8.68. The molecule has 0 radical (unpaired) electrons. The van der Waals surface area contributed by atoms with Crippen LogP contribution in [0.2, 0.25) is 5.02 Å². The number of ether oxygens (including phenoxy) is 1. The van der Waals surface area contributed by atoms with E-state index in [0.717, 1.165) is 0 Å². The van der Waals surface area contributed by atoms with E-state index in [1.807, 2.05) is 0 Å². The van der Waals surface area contributed by atoms with E-state index < -0.39 is 16.1 Å². The van der Waals surface area contributed by atoms with Crippen molar-refractivity contribution in [1.29, 1.82) is 0 Å². The van der Waals surface area contributed by atoms with Gasteiger partial charge in [0.05, 0.1) is 17.1 Å². The van der Waals surface area contributed by atoms with E-state index in [4.69, 9.17) is 16.3 Å². The third kappa shape index (κ3) is 4.43. The maximum absolute atomic E-state index is 13.2. The van der Waals surface area contributed by atoms with Gasteiger partial charge in [-0.2, -0.15) is 4.31 Å². The van der Waals surface area contributed by atoms with Crippen molar-refractivity contribution >= 4 is 39.1 Å². The molecule has 1 fully saturated rings. The van der Waals surface area contributed by atoms with E-state index in [0.29, 0.717) is 11.3 Å². The second-order valence-corrected chi connectivity index (χ2v) is 9.93. The fraction of sp³-hybridized carbons (Fsp3) is 0.333. The fourth-order valence-electron chi connectivity index (χ4n) is 3.61. The first-order valence-electron chi connectivity index (χ1n) is 9.98. The zero-order chi connectivity index (χ0) is 23.0. The molecule has 4 rings (SSSR count). The van der Waals surface area contributed by atoms with Gasteiger partial charge in [0.25, 0.3) is 5.91 Å². The van der Waals surface area contributed by atoms with Gasteiger partial charge in [-0.15, -0.1) is 0 Å². The Balaban J connectivity index is 1.45. The summed E-state index contributed by atoms with van der Waals surface area (Å²) in [5.74, 6) is -0.638. The quantitative estimate of drug-likeness (QED) is 0.722. The molecule has 8 nitrogen and oxygen atoms in total. The third-order valence-corrected chi connectivity index (χ3v) is 7.81. The molecule has 11 heteroatoms. The number of hydrogen-bond donors (Lipinski definition) is 1. The van der Waals surface area contributed by atoms with E-state index in [1.54, 1.807) is 24.0 Å². The molecule has 2 aromatic carbocycles. The number of nitrogens with zero attached hydrogens (tertiary/aromatic N) is 2. The van der Waals surface area contributed by atoms with Crippen LogP contribution in [0.4, 0.5) is 10.1 Å². The standard InChI is InChI=1S/C21H21ClFN3O5S/c1-13-21(28)24-17-11-16(22)19(12-18(17)31-13)32(29,30)26-8-6-25(7-9-26)20(27)10-14-2-4-15(23)5-3-14/h2-5,11-13H,6-10H2,1H3,(H,24,28). The van der Waals surface area contributed by atoms with Crippen molar-refractivity contribution in [2.24, 2.45) is 0 Å². The largest absolute Gasteiger partial charge is 0.479 e. The molecule has 0 bridgehead atoms. The second-order valence-electron chi connectivity index (χ2n) is 7.62. The zero-order valence-electron chi connectivity index (χ0n) is 17.2. The Morgan fingerprint density at radius 1 is 1.19 bits per heavy atom. The molecule has 0 aromatic heterocycles. The predicted octanol–water partition coefficient (Wildman–Crippen LogP) is 2.27. The number of fused-ring (bicyclic) bond motifs is 1. The minimum Gasteiger partial charge on any atom is -0.479 e. The average molecular weight is 482 g/mol. The maximum Gasteiger partial charge on any atom is 0.265 e. The van der Waals surface area contributed by atoms with E-state index in [-0.39, 0.29) is 65.9 Å². The van der Waals surface area contributed by atoms with Crippen molar-refractivity contribution in [2.45, 2.75) is 24.3 Å². The number of rotatable bonds is 4. The Morgan fingerprint density at radius 2 is 1.84 bits per heavy atom. The number of carbonyl (C=O) groups excluding carboxylic acids is 2. The van der Waals surface area contributed by atoms with Crippen molar-refractivity contribution in [1.82, 2.24) is 9.21 Å². The van der Waals surface area contributed by atoms with Crippen LogP contribution in [0, 0.1) is 5.82 Å². The molecule has 32 heavy (non-hydrogen) atoms. The van der Waals surface area contributed by atoms with Crippen molar-refractivity contribution < 1.29 is 27.1 Å². The Hall–Kier alpha value is -2.69. The van der Waals surface area contributed by atoms with Crippen LogP contribution in [-0.4, -0.2) is 61.7 Å². The highest BCUT2D eigenvalue weighted by Crippen LogP contribution is 2.38. The summed E-state index contributed by atoms with van der Waals surface area (Å²) in [7, 11) is -3.94. The van der Waals surface area contributed by atoms with E-state index >= 15 is 0 Å². The van der Waals surface area contributed by atoms with Gasteiger partial charge in [-0.1, -0.05) is 23.7 Å². The number of amides is 2. The molecule has 1 N–H and O–H groups in total. The summed E-state index contributed by atoms with van der Waals surface area (Å²) in [6.45, 7) is 2.23. The first-order chi connectivity index (χ1) is 15.1. The summed E-state index contributed by atoms with van der Waals surface area (Å²) in [6, 6.07) is 8.37. The molecule has 0 aliphatic carbocycles. The van der Waals surface area contributed by atoms with Crippen LogP contribution in [0.1, 0.15) is 12.5 Å². The first kappa shape index (κ1) is 22.5. The molecule has 1 unspecified atom stereocenters. The average Bonchev–Trinajstić information content (AvgIpc) is 2.76. The molecule has 2 aromatic rings. The molecule has 2 heterocycles. The van der Waals surface area contributed by atoms with Crippen molar-refractivity contribution in [3.63, 3.8) is 0 Å². The first-order valence-corrected chi connectivity index (χ1v) is 11.8. The lowest BCUT2D eigenvalue weighted by molar-refractivity contribution is -0.131. The van der Waals surface area contributed by atoms with Gasteiger partial charge >= 0.3 is 0 Å². The molecule has 0 spiro atoms. The lowest BCUT2D eigenvalue weighted by Crippen LogP contribution is -2.50. The number of anilines is 1. The van der Waals surface area contributed by atoms with Crippen LogP contribution in [0.25, 0.3) is 0 Å². The molecular weight excluding hydrogens is 461 g/mol. The van der Waals surface area contributed by atoms with Crippen molar-refractivity contribution in [2.75, 3.05) is 31.5 Å². The van der Waals surface area contributed by atoms with E-state index in [9.17, 15) is 22.4 Å². The number of benzene rings is 2. The number of piperazine rings is 1. The highest BCUT2D eigenvalue weighted by atomic mass is 35.5. The number of sulfonamides is 1.